The number of esters is 1. The van der Waals surface area contributed by atoms with E-state index in [0.29, 0.717) is 29.5 Å². The maximum Gasteiger partial charge on any atom is 0.305 e. The van der Waals surface area contributed by atoms with Crippen LogP contribution in [0.15, 0.2) is 59.1 Å². The number of rotatable bonds is 7. The molecular formula is C24H24ClN3O3S. The first-order valence-corrected chi connectivity index (χ1v) is 11.2. The van der Waals surface area contributed by atoms with E-state index in [9.17, 15) is 4.79 Å². The number of thiocarbonyl (C=S) groups is 1. The van der Waals surface area contributed by atoms with Crippen molar-refractivity contribution in [2.24, 2.45) is 0 Å². The Morgan fingerprint density at radius 2 is 2.12 bits per heavy atom. The number of hydrogen-bond acceptors (Lipinski definition) is 5. The van der Waals surface area contributed by atoms with Crippen LogP contribution >= 0.6 is 23.8 Å². The van der Waals surface area contributed by atoms with Crippen molar-refractivity contribution in [3.05, 3.63) is 76.8 Å². The number of ether oxygens (including phenoxy) is 1. The summed E-state index contributed by atoms with van der Waals surface area (Å²) in [4.78, 5) is 18.2. The highest BCUT2D eigenvalue weighted by Crippen LogP contribution is 2.40. The van der Waals surface area contributed by atoms with E-state index in [1.54, 1.807) is 6.20 Å². The highest BCUT2D eigenvalue weighted by Gasteiger charge is 2.41. The van der Waals surface area contributed by atoms with E-state index in [2.05, 4.69) is 15.2 Å². The van der Waals surface area contributed by atoms with Crippen molar-refractivity contribution in [2.75, 3.05) is 13.7 Å². The summed E-state index contributed by atoms with van der Waals surface area (Å²) in [5, 5.41) is 4.68. The lowest BCUT2D eigenvalue weighted by Gasteiger charge is -2.25. The van der Waals surface area contributed by atoms with Crippen molar-refractivity contribution in [1.82, 2.24) is 15.2 Å². The molecule has 0 bridgehead atoms. The molecule has 1 aliphatic heterocycles. The van der Waals surface area contributed by atoms with Gasteiger partial charge in [0.2, 0.25) is 0 Å². The van der Waals surface area contributed by atoms with Gasteiger partial charge in [-0.3, -0.25) is 9.78 Å². The lowest BCUT2D eigenvalue weighted by molar-refractivity contribution is -0.140. The van der Waals surface area contributed by atoms with Crippen LogP contribution in [-0.4, -0.2) is 34.6 Å². The number of aryl methyl sites for hydroxylation is 1. The number of aromatic nitrogens is 1. The molecule has 0 amide bonds. The Hall–Kier alpha value is -2.90. The Labute approximate surface area is 197 Å². The Morgan fingerprint density at radius 3 is 2.84 bits per heavy atom. The zero-order valence-electron chi connectivity index (χ0n) is 17.9. The molecule has 32 heavy (non-hydrogen) atoms. The number of carbonyl (C=O) groups is 1. The predicted molar refractivity (Wildman–Crippen MR) is 127 cm³/mol. The van der Waals surface area contributed by atoms with Crippen LogP contribution < -0.4 is 5.32 Å². The van der Waals surface area contributed by atoms with Gasteiger partial charge in [0.25, 0.3) is 0 Å². The first kappa shape index (κ1) is 22.3. The zero-order chi connectivity index (χ0) is 22.7. The molecule has 0 radical (unpaired) electrons. The summed E-state index contributed by atoms with van der Waals surface area (Å²) >= 11 is 12.0. The van der Waals surface area contributed by atoms with Crippen molar-refractivity contribution in [2.45, 2.75) is 31.8 Å². The molecule has 4 rings (SSSR count). The van der Waals surface area contributed by atoms with Crippen LogP contribution in [0.1, 0.15) is 41.9 Å². The number of benzene rings is 1. The fraction of sp³-hybridized carbons (Fsp3) is 0.292. The average Bonchev–Trinajstić information content (AvgIpc) is 3.41. The van der Waals surface area contributed by atoms with Gasteiger partial charge in [-0.15, -0.1) is 0 Å². The molecule has 6 nitrogen and oxygen atoms in total. The summed E-state index contributed by atoms with van der Waals surface area (Å²) in [7, 11) is 1.39. The summed E-state index contributed by atoms with van der Waals surface area (Å²) in [5.41, 5.74) is 2.79. The van der Waals surface area contributed by atoms with Crippen molar-refractivity contribution < 1.29 is 13.9 Å². The Balaban J connectivity index is 1.65. The molecule has 0 aliphatic carbocycles. The largest absolute Gasteiger partial charge is 0.469 e. The molecule has 3 aromatic rings. The molecule has 0 saturated carbocycles. The molecule has 0 spiro atoms. The molecule has 166 valence electrons. The summed E-state index contributed by atoms with van der Waals surface area (Å²) in [5.74, 6) is 1.25. The minimum atomic E-state index is -0.238. The second kappa shape index (κ2) is 9.71. The zero-order valence-corrected chi connectivity index (χ0v) is 19.4. The standard InChI is InChI=1S/C24H24ClN3O3S/c1-15-8-9-16(14-17(15)25)19-10-11-20(31-19)23-22(18-6-3-4-12-26-18)27-24(32)28(23)13-5-7-21(29)30-2/h3-4,6,8-12,14,22-23H,5,7,13H2,1-2H3,(H,27,32). The molecule has 1 fully saturated rings. The third-order valence-corrected chi connectivity index (χ3v) is 6.34. The molecule has 8 heteroatoms. The van der Waals surface area contributed by atoms with E-state index in [1.807, 2.05) is 55.5 Å². The number of pyridine rings is 1. The lowest BCUT2D eigenvalue weighted by Crippen LogP contribution is -2.30. The van der Waals surface area contributed by atoms with E-state index in [4.69, 9.17) is 33.0 Å². The van der Waals surface area contributed by atoms with Gasteiger partial charge in [0.05, 0.1) is 18.8 Å². The van der Waals surface area contributed by atoms with Gasteiger partial charge in [-0.1, -0.05) is 29.8 Å². The molecule has 3 heterocycles. The van der Waals surface area contributed by atoms with Crippen LogP contribution in [0.5, 0.6) is 0 Å². The summed E-state index contributed by atoms with van der Waals surface area (Å²) in [6, 6.07) is 15.2. The van der Waals surface area contributed by atoms with Gasteiger partial charge in [-0.25, -0.2) is 0 Å². The smallest absolute Gasteiger partial charge is 0.305 e. The van der Waals surface area contributed by atoms with Gasteiger partial charge in [-0.05, 0) is 61.5 Å². The van der Waals surface area contributed by atoms with E-state index in [-0.39, 0.29) is 18.1 Å². The quantitative estimate of drug-likeness (QED) is 0.375. The monoisotopic (exact) mass is 469 g/mol. The highest BCUT2D eigenvalue weighted by atomic mass is 35.5. The molecular weight excluding hydrogens is 446 g/mol. The van der Waals surface area contributed by atoms with Crippen molar-refractivity contribution in [3.8, 4) is 11.3 Å². The van der Waals surface area contributed by atoms with Crippen molar-refractivity contribution in [1.29, 1.82) is 0 Å². The van der Waals surface area contributed by atoms with E-state index >= 15 is 0 Å². The minimum absolute atomic E-state index is 0.178. The number of nitrogens with one attached hydrogen (secondary N) is 1. The van der Waals surface area contributed by atoms with E-state index < -0.39 is 0 Å². The number of nitrogens with zero attached hydrogens (tertiary/aromatic N) is 2. The summed E-state index contributed by atoms with van der Waals surface area (Å²) in [6.07, 6.45) is 2.70. The Bertz CT molecular complexity index is 1120. The highest BCUT2D eigenvalue weighted by molar-refractivity contribution is 7.80. The van der Waals surface area contributed by atoms with Crippen LogP contribution in [0.2, 0.25) is 5.02 Å². The second-order valence-corrected chi connectivity index (χ2v) is 8.46. The molecule has 1 N–H and O–H groups in total. The van der Waals surface area contributed by atoms with Gasteiger partial charge in [-0.2, -0.15) is 0 Å². The van der Waals surface area contributed by atoms with Crippen LogP contribution in [-0.2, 0) is 9.53 Å². The Kier molecular flexibility index (Phi) is 6.77. The second-order valence-electron chi connectivity index (χ2n) is 7.67. The topological polar surface area (TPSA) is 67.6 Å². The summed E-state index contributed by atoms with van der Waals surface area (Å²) < 4.78 is 11.1. The van der Waals surface area contributed by atoms with Crippen LogP contribution in [0.25, 0.3) is 11.3 Å². The molecule has 1 saturated heterocycles. The molecule has 1 aromatic carbocycles. The number of furan rings is 1. The van der Waals surface area contributed by atoms with Crippen LogP contribution in [0.4, 0.5) is 0 Å². The average molecular weight is 470 g/mol. The van der Waals surface area contributed by atoms with Crippen LogP contribution in [0, 0.1) is 6.92 Å². The number of hydrogen-bond donors (Lipinski definition) is 1. The van der Waals surface area contributed by atoms with Gasteiger partial charge >= 0.3 is 5.97 Å². The van der Waals surface area contributed by atoms with E-state index in [0.717, 1.165) is 28.3 Å². The molecule has 2 unspecified atom stereocenters. The maximum atomic E-state index is 11.6. The first-order chi connectivity index (χ1) is 15.5. The Morgan fingerprint density at radius 1 is 1.28 bits per heavy atom. The van der Waals surface area contributed by atoms with E-state index in [1.165, 1.54) is 7.11 Å². The fourth-order valence-electron chi connectivity index (χ4n) is 3.86. The molecule has 2 aromatic heterocycles. The lowest BCUT2D eigenvalue weighted by atomic mass is 10.0. The molecule has 1 aliphatic rings. The number of methoxy groups -OCH3 is 1. The van der Waals surface area contributed by atoms with Gasteiger partial charge in [0.15, 0.2) is 5.11 Å². The van der Waals surface area contributed by atoms with Gasteiger partial charge in [0, 0.05) is 29.7 Å². The minimum Gasteiger partial charge on any atom is -0.469 e. The van der Waals surface area contributed by atoms with Crippen LogP contribution in [0.3, 0.4) is 0 Å². The number of carbonyl (C=O) groups excluding carboxylic acids is 1. The summed E-state index contributed by atoms with van der Waals surface area (Å²) in [6.45, 7) is 2.55. The fourth-order valence-corrected chi connectivity index (χ4v) is 4.38. The predicted octanol–water partition coefficient (Wildman–Crippen LogP) is 5.23. The van der Waals surface area contributed by atoms with Crippen molar-refractivity contribution >= 4 is 34.9 Å². The normalized spacial score (nSPS) is 18.0. The van der Waals surface area contributed by atoms with Gasteiger partial charge in [0.1, 0.15) is 17.6 Å². The van der Waals surface area contributed by atoms with Crippen molar-refractivity contribution in [3.63, 3.8) is 0 Å². The first-order valence-electron chi connectivity index (χ1n) is 10.4. The maximum absolute atomic E-state index is 11.6. The third-order valence-electron chi connectivity index (χ3n) is 5.58. The SMILES string of the molecule is COC(=O)CCCN1C(=S)NC(c2ccccn2)C1c1ccc(-c2ccc(C)c(Cl)c2)o1. The third kappa shape index (κ3) is 4.64. The van der Waals surface area contributed by atoms with Gasteiger partial charge < -0.3 is 19.4 Å². The molecule has 2 atom stereocenters. The number of halogens is 1.